The molecule has 1 aromatic carbocycles. The molecule has 1 fully saturated rings. The highest BCUT2D eigenvalue weighted by Crippen LogP contribution is 2.32. The number of nitrogens with zero attached hydrogens (tertiary/aromatic N) is 4. The molecule has 8 heteroatoms. The van der Waals surface area contributed by atoms with Crippen LogP contribution >= 0.6 is 0 Å². The van der Waals surface area contributed by atoms with Crippen molar-refractivity contribution in [3.8, 4) is 0 Å². The lowest BCUT2D eigenvalue weighted by Crippen LogP contribution is -2.18. The number of nitrogen functional groups attached to an aromatic ring is 1. The first-order chi connectivity index (χ1) is 14.1. The zero-order chi connectivity index (χ0) is 20.2. The van der Waals surface area contributed by atoms with Crippen LogP contribution in [0.15, 0.2) is 30.6 Å². The van der Waals surface area contributed by atoms with E-state index >= 15 is 0 Å². The average Bonchev–Trinajstić information content (AvgIpc) is 3.16. The Morgan fingerprint density at radius 2 is 1.97 bits per heavy atom. The van der Waals surface area contributed by atoms with Crippen LogP contribution in [0.4, 0.5) is 17.5 Å². The summed E-state index contributed by atoms with van der Waals surface area (Å²) in [5.41, 5.74) is 9.40. The number of aromatic nitrogens is 4. The fraction of sp³-hybridized carbons (Fsp3) is 0.476. The molecule has 2 aromatic heterocycles. The number of rotatable bonds is 7. The molecular formula is C21H29N7O. The Balaban J connectivity index is 1.67. The summed E-state index contributed by atoms with van der Waals surface area (Å²) in [4.78, 5) is 14.0. The molecule has 29 heavy (non-hydrogen) atoms. The van der Waals surface area contributed by atoms with Gasteiger partial charge >= 0.3 is 0 Å². The van der Waals surface area contributed by atoms with Gasteiger partial charge in [-0.1, -0.05) is 37.5 Å². The number of hydrogen-bond donors (Lipinski definition) is 4. The predicted octanol–water partition coefficient (Wildman–Crippen LogP) is 3.32. The summed E-state index contributed by atoms with van der Waals surface area (Å²) in [5.74, 6) is 1.15. The number of nitrogens with two attached hydrogens (primary N) is 1. The maximum absolute atomic E-state index is 9.63. The highest BCUT2D eigenvalue weighted by atomic mass is 16.3. The summed E-state index contributed by atoms with van der Waals surface area (Å²) in [7, 11) is 0. The van der Waals surface area contributed by atoms with Gasteiger partial charge in [0.25, 0.3) is 0 Å². The molecule has 4 rings (SSSR count). The summed E-state index contributed by atoms with van der Waals surface area (Å²) < 4.78 is 2.19. The van der Waals surface area contributed by atoms with Crippen molar-refractivity contribution < 1.29 is 5.11 Å². The first-order valence-corrected chi connectivity index (χ1v) is 10.4. The van der Waals surface area contributed by atoms with Crippen molar-refractivity contribution in [1.29, 1.82) is 0 Å². The van der Waals surface area contributed by atoms with E-state index in [-0.39, 0.29) is 0 Å². The number of nitrogens with one attached hydrogen (secondary N) is 2. The molecule has 1 aliphatic rings. The Morgan fingerprint density at radius 1 is 1.17 bits per heavy atom. The van der Waals surface area contributed by atoms with Gasteiger partial charge in [-0.25, -0.2) is 4.98 Å². The molecule has 1 aliphatic carbocycles. The van der Waals surface area contributed by atoms with Crippen LogP contribution in [-0.2, 0) is 6.54 Å². The minimum atomic E-state index is -0.488. The van der Waals surface area contributed by atoms with Gasteiger partial charge < -0.3 is 26.0 Å². The first kappa shape index (κ1) is 19.4. The largest absolute Gasteiger partial charge is 0.398 e. The molecule has 2 heterocycles. The molecule has 3 aromatic rings. The summed E-state index contributed by atoms with van der Waals surface area (Å²) in [6.07, 6.45) is 7.46. The standard InChI is InChI=1S/C21H29N7O/c1-14(29)11-24-21-26-19(23-12-15-7-5-6-10-17(15)22)18-20(27-21)28(13-25-18)16-8-3-2-4-9-16/h5-7,10,13-14,16,29H,2-4,8-9,11-12,22H2,1H3,(H2,23,24,26,27). The van der Waals surface area contributed by atoms with E-state index < -0.39 is 6.10 Å². The van der Waals surface area contributed by atoms with E-state index in [1.165, 1.54) is 19.3 Å². The van der Waals surface area contributed by atoms with Gasteiger partial charge in [0.2, 0.25) is 5.95 Å². The monoisotopic (exact) mass is 395 g/mol. The van der Waals surface area contributed by atoms with Crippen molar-refractivity contribution in [1.82, 2.24) is 19.5 Å². The number of anilines is 3. The molecule has 0 spiro atoms. The fourth-order valence-corrected chi connectivity index (χ4v) is 3.86. The topological polar surface area (TPSA) is 114 Å². The normalized spacial score (nSPS) is 16.1. The Kier molecular flexibility index (Phi) is 5.80. The lowest BCUT2D eigenvalue weighted by atomic mass is 9.95. The second-order valence-electron chi connectivity index (χ2n) is 7.79. The molecule has 5 N–H and O–H groups in total. The van der Waals surface area contributed by atoms with Gasteiger partial charge in [-0.2, -0.15) is 9.97 Å². The fourth-order valence-electron chi connectivity index (χ4n) is 3.86. The van der Waals surface area contributed by atoms with E-state index in [4.69, 9.17) is 10.7 Å². The van der Waals surface area contributed by atoms with Gasteiger partial charge in [0.1, 0.15) is 0 Å². The van der Waals surface area contributed by atoms with E-state index in [1.807, 2.05) is 30.6 Å². The van der Waals surface area contributed by atoms with Gasteiger partial charge in [0.15, 0.2) is 17.0 Å². The van der Waals surface area contributed by atoms with E-state index in [2.05, 4.69) is 25.2 Å². The van der Waals surface area contributed by atoms with Crippen LogP contribution in [0.1, 0.15) is 50.6 Å². The molecule has 0 bridgehead atoms. The minimum absolute atomic E-state index is 0.383. The number of fused-ring (bicyclic) bond motifs is 1. The molecule has 8 nitrogen and oxygen atoms in total. The second kappa shape index (κ2) is 8.65. The average molecular weight is 396 g/mol. The van der Waals surface area contributed by atoms with Crippen LogP contribution in [0.2, 0.25) is 0 Å². The zero-order valence-electron chi connectivity index (χ0n) is 16.8. The predicted molar refractivity (Wildman–Crippen MR) is 116 cm³/mol. The third-order valence-electron chi connectivity index (χ3n) is 5.45. The zero-order valence-corrected chi connectivity index (χ0v) is 16.8. The number of para-hydroxylation sites is 1. The van der Waals surface area contributed by atoms with Gasteiger partial charge in [-0.15, -0.1) is 0 Å². The van der Waals surface area contributed by atoms with Crippen molar-refractivity contribution in [3.05, 3.63) is 36.2 Å². The molecule has 0 amide bonds. The molecule has 0 saturated heterocycles. The lowest BCUT2D eigenvalue weighted by molar-refractivity contribution is 0.208. The third kappa shape index (κ3) is 4.42. The number of imidazole rings is 1. The Hall–Kier alpha value is -2.87. The Morgan fingerprint density at radius 3 is 2.72 bits per heavy atom. The minimum Gasteiger partial charge on any atom is -0.398 e. The maximum atomic E-state index is 9.63. The van der Waals surface area contributed by atoms with Crippen molar-refractivity contribution >= 4 is 28.6 Å². The number of benzene rings is 1. The number of aliphatic hydroxyl groups excluding tert-OH is 1. The molecule has 1 saturated carbocycles. The lowest BCUT2D eigenvalue weighted by Gasteiger charge is -2.23. The van der Waals surface area contributed by atoms with E-state index in [0.29, 0.717) is 30.9 Å². The Bertz CT molecular complexity index is 963. The molecule has 0 aliphatic heterocycles. The molecule has 0 radical (unpaired) electrons. The smallest absolute Gasteiger partial charge is 0.226 e. The van der Waals surface area contributed by atoms with E-state index in [1.54, 1.807) is 6.92 Å². The summed E-state index contributed by atoms with van der Waals surface area (Å²) in [6, 6.07) is 8.20. The molecule has 1 unspecified atom stereocenters. The summed E-state index contributed by atoms with van der Waals surface area (Å²) in [5, 5.41) is 16.1. The van der Waals surface area contributed by atoms with Crippen molar-refractivity contribution in [2.45, 2.75) is 57.7 Å². The highest BCUT2D eigenvalue weighted by molar-refractivity contribution is 5.84. The van der Waals surface area contributed by atoms with Crippen molar-refractivity contribution in [3.63, 3.8) is 0 Å². The summed E-state index contributed by atoms with van der Waals surface area (Å²) in [6.45, 7) is 2.66. The SMILES string of the molecule is CC(O)CNc1nc(NCc2ccccc2N)c2ncn(C3CCCCC3)c2n1. The molecule has 154 valence electrons. The van der Waals surface area contributed by atoms with Gasteiger partial charge in [0.05, 0.1) is 12.4 Å². The van der Waals surface area contributed by atoms with Gasteiger partial charge in [-0.05, 0) is 31.4 Å². The van der Waals surface area contributed by atoms with Crippen LogP contribution in [0, 0.1) is 0 Å². The molecular weight excluding hydrogens is 366 g/mol. The van der Waals surface area contributed by atoms with Gasteiger partial charge in [0, 0.05) is 24.8 Å². The van der Waals surface area contributed by atoms with Crippen molar-refractivity contribution in [2.75, 3.05) is 22.9 Å². The third-order valence-corrected chi connectivity index (χ3v) is 5.45. The van der Waals surface area contributed by atoms with Crippen LogP contribution in [0.3, 0.4) is 0 Å². The van der Waals surface area contributed by atoms with Crippen LogP contribution in [-0.4, -0.2) is 37.3 Å². The van der Waals surface area contributed by atoms with Gasteiger partial charge in [-0.3, -0.25) is 0 Å². The Labute approximate surface area is 170 Å². The number of aliphatic hydroxyl groups is 1. The van der Waals surface area contributed by atoms with Crippen LogP contribution < -0.4 is 16.4 Å². The quantitative estimate of drug-likeness (QED) is 0.454. The van der Waals surface area contributed by atoms with Crippen LogP contribution in [0.5, 0.6) is 0 Å². The van der Waals surface area contributed by atoms with Crippen LogP contribution in [0.25, 0.3) is 11.2 Å². The van der Waals surface area contributed by atoms with Crippen molar-refractivity contribution in [2.24, 2.45) is 0 Å². The maximum Gasteiger partial charge on any atom is 0.226 e. The van der Waals surface area contributed by atoms with E-state index in [0.717, 1.165) is 35.3 Å². The molecule has 1 atom stereocenters. The number of hydrogen-bond acceptors (Lipinski definition) is 7. The first-order valence-electron chi connectivity index (χ1n) is 10.4. The second-order valence-corrected chi connectivity index (χ2v) is 7.79. The summed E-state index contributed by atoms with van der Waals surface area (Å²) >= 11 is 0. The van der Waals surface area contributed by atoms with E-state index in [9.17, 15) is 5.11 Å². The highest BCUT2D eigenvalue weighted by Gasteiger charge is 2.21.